The van der Waals surface area contributed by atoms with E-state index in [-0.39, 0.29) is 17.8 Å². The molecule has 3 heteroatoms. The Balaban J connectivity index is -0.000000267. The summed E-state index contributed by atoms with van der Waals surface area (Å²) in [6.07, 6.45) is 0.117. The summed E-state index contributed by atoms with van der Waals surface area (Å²) in [7, 11) is 1.00. The van der Waals surface area contributed by atoms with Crippen molar-refractivity contribution in [2.24, 2.45) is 5.92 Å². The predicted octanol–water partition coefficient (Wildman–Crippen LogP) is 4.23. The van der Waals surface area contributed by atoms with E-state index in [9.17, 15) is 4.79 Å². The van der Waals surface area contributed by atoms with Crippen LogP contribution in [0.5, 0.6) is 0 Å². The minimum Gasteiger partial charge on any atom is -0.400 e. The van der Waals surface area contributed by atoms with Crippen LogP contribution in [0.3, 0.4) is 0 Å². The number of hydrogen-bond acceptors (Lipinski definition) is 3. The van der Waals surface area contributed by atoms with E-state index in [1.165, 1.54) is 16.7 Å². The molecule has 0 fully saturated rings. The molecule has 1 aromatic carbocycles. The maximum Gasteiger partial charge on any atom is 0.130 e. The molecule has 22 heavy (non-hydrogen) atoms. The van der Waals surface area contributed by atoms with Crippen molar-refractivity contribution in [1.82, 2.24) is 0 Å². The molecule has 0 aliphatic rings. The number of ketones is 1. The fourth-order valence-electron chi connectivity index (χ4n) is 1.52. The summed E-state index contributed by atoms with van der Waals surface area (Å²) >= 11 is 0. The second kappa shape index (κ2) is 16.2. The van der Waals surface area contributed by atoms with Gasteiger partial charge in [-0.05, 0) is 51.7 Å². The standard InChI is InChI=1S/C9H12.C7H14O2.C2H6.CH4O/c1-7-4-5-8(2)9(3)6-7;1-5(7(3)9)4-6(2)8;2*1-2/h4-6H,1-3H3;5,7,9H,4H2,1-3H3;1-2H3;2H,1H3. The molecule has 2 N–H and O–H groups in total. The molecule has 0 radical (unpaired) electrons. The van der Waals surface area contributed by atoms with E-state index in [1.54, 1.807) is 13.8 Å². The molecule has 3 nitrogen and oxygen atoms in total. The quantitative estimate of drug-likeness (QED) is 0.878. The van der Waals surface area contributed by atoms with Gasteiger partial charge in [-0.2, -0.15) is 0 Å². The number of benzene rings is 1. The topological polar surface area (TPSA) is 57.5 Å². The lowest BCUT2D eigenvalue weighted by atomic mass is 10.0. The number of aryl methyl sites for hydroxylation is 3. The first-order chi connectivity index (χ1) is 10.2. The zero-order valence-electron chi connectivity index (χ0n) is 15.9. The Bertz CT molecular complexity index is 384. The van der Waals surface area contributed by atoms with Crippen molar-refractivity contribution in [1.29, 1.82) is 0 Å². The number of Topliss-reactive ketones (excluding diaryl/α,β-unsaturated/α-hetero) is 1. The zero-order chi connectivity index (χ0) is 18.3. The van der Waals surface area contributed by atoms with Crippen molar-refractivity contribution in [2.45, 2.75) is 67.9 Å². The highest BCUT2D eigenvalue weighted by atomic mass is 16.3. The molecule has 0 amide bonds. The molecule has 0 spiro atoms. The first-order valence-electron chi connectivity index (χ1n) is 7.90. The van der Waals surface area contributed by atoms with Gasteiger partial charge in [-0.1, -0.05) is 44.5 Å². The van der Waals surface area contributed by atoms with Crippen LogP contribution in [0.25, 0.3) is 0 Å². The first kappa shape index (κ1) is 25.7. The van der Waals surface area contributed by atoms with E-state index in [0.29, 0.717) is 6.42 Å². The summed E-state index contributed by atoms with van der Waals surface area (Å²) in [4.78, 5) is 10.4. The molecule has 0 aliphatic carbocycles. The molecule has 0 aromatic heterocycles. The molecule has 0 heterocycles. The van der Waals surface area contributed by atoms with Gasteiger partial charge in [0.15, 0.2) is 0 Å². The van der Waals surface area contributed by atoms with Crippen LogP contribution in [-0.4, -0.2) is 29.2 Å². The molecular weight excluding hydrogens is 276 g/mol. The van der Waals surface area contributed by atoms with Crippen LogP contribution in [0.15, 0.2) is 18.2 Å². The highest BCUT2D eigenvalue weighted by molar-refractivity contribution is 5.75. The van der Waals surface area contributed by atoms with Gasteiger partial charge >= 0.3 is 0 Å². The summed E-state index contributed by atoms with van der Waals surface area (Å²) in [6, 6.07) is 6.50. The third-order valence-corrected chi connectivity index (χ3v) is 3.10. The Morgan fingerprint density at radius 2 is 1.50 bits per heavy atom. The van der Waals surface area contributed by atoms with Crippen LogP contribution in [0.1, 0.15) is 57.7 Å². The normalized spacial score (nSPS) is 11.4. The van der Waals surface area contributed by atoms with E-state index < -0.39 is 0 Å². The van der Waals surface area contributed by atoms with E-state index in [1.807, 2.05) is 20.8 Å². The minimum atomic E-state index is -0.367. The molecule has 0 saturated heterocycles. The van der Waals surface area contributed by atoms with Gasteiger partial charge in [0.05, 0.1) is 6.10 Å². The van der Waals surface area contributed by atoms with Crippen LogP contribution in [-0.2, 0) is 4.79 Å². The number of carbonyl (C=O) groups excluding carboxylic acids is 1. The van der Waals surface area contributed by atoms with E-state index >= 15 is 0 Å². The summed E-state index contributed by atoms with van der Waals surface area (Å²) in [5.41, 5.74) is 4.11. The zero-order valence-corrected chi connectivity index (χ0v) is 15.9. The molecule has 0 aliphatic heterocycles. The Hall–Kier alpha value is -1.19. The van der Waals surface area contributed by atoms with Crippen molar-refractivity contribution < 1.29 is 15.0 Å². The van der Waals surface area contributed by atoms with Crippen LogP contribution in [0, 0.1) is 26.7 Å². The predicted molar refractivity (Wildman–Crippen MR) is 96.3 cm³/mol. The number of hydrogen-bond donors (Lipinski definition) is 2. The van der Waals surface area contributed by atoms with Crippen LogP contribution in [0.4, 0.5) is 0 Å². The number of rotatable bonds is 3. The average Bonchev–Trinajstić information content (AvgIpc) is 2.47. The number of aliphatic hydroxyl groups is 2. The van der Waals surface area contributed by atoms with Crippen molar-refractivity contribution in [2.75, 3.05) is 7.11 Å². The summed E-state index contributed by atoms with van der Waals surface area (Å²) in [5, 5.41) is 15.9. The van der Waals surface area contributed by atoms with Gasteiger partial charge in [0.1, 0.15) is 5.78 Å². The number of carbonyl (C=O) groups is 1. The van der Waals surface area contributed by atoms with Crippen molar-refractivity contribution in [3.8, 4) is 0 Å². The molecular formula is C19H36O3. The molecule has 1 rings (SSSR count). The van der Waals surface area contributed by atoms with Gasteiger partial charge in [0.25, 0.3) is 0 Å². The van der Waals surface area contributed by atoms with Gasteiger partial charge in [-0.25, -0.2) is 0 Å². The van der Waals surface area contributed by atoms with Gasteiger partial charge in [0.2, 0.25) is 0 Å². The second-order valence-corrected chi connectivity index (χ2v) is 5.21. The molecule has 2 atom stereocenters. The first-order valence-corrected chi connectivity index (χ1v) is 7.90. The third kappa shape index (κ3) is 15.2. The molecule has 130 valence electrons. The monoisotopic (exact) mass is 312 g/mol. The lowest BCUT2D eigenvalue weighted by Gasteiger charge is -2.11. The van der Waals surface area contributed by atoms with Gasteiger partial charge in [-0.3, -0.25) is 0 Å². The second-order valence-electron chi connectivity index (χ2n) is 5.21. The molecule has 0 bridgehead atoms. The maximum atomic E-state index is 10.4. The van der Waals surface area contributed by atoms with Crippen LogP contribution in [0.2, 0.25) is 0 Å². The van der Waals surface area contributed by atoms with Crippen LogP contribution >= 0.6 is 0 Å². The van der Waals surface area contributed by atoms with Crippen molar-refractivity contribution in [3.63, 3.8) is 0 Å². The molecule has 2 unspecified atom stereocenters. The smallest absolute Gasteiger partial charge is 0.130 e. The summed E-state index contributed by atoms with van der Waals surface area (Å²) < 4.78 is 0. The average molecular weight is 312 g/mol. The lowest BCUT2D eigenvalue weighted by molar-refractivity contribution is -0.118. The Morgan fingerprint density at radius 3 is 1.73 bits per heavy atom. The third-order valence-electron chi connectivity index (χ3n) is 3.10. The minimum absolute atomic E-state index is 0.0995. The van der Waals surface area contributed by atoms with Gasteiger partial charge in [-0.15, -0.1) is 0 Å². The van der Waals surface area contributed by atoms with Crippen molar-refractivity contribution in [3.05, 3.63) is 34.9 Å². The maximum absolute atomic E-state index is 10.4. The fraction of sp³-hybridized carbons (Fsp3) is 0.632. The summed E-state index contributed by atoms with van der Waals surface area (Å²) in [5.74, 6) is 0.242. The Morgan fingerprint density at radius 1 is 1.05 bits per heavy atom. The van der Waals surface area contributed by atoms with Crippen molar-refractivity contribution >= 4 is 5.78 Å². The lowest BCUT2D eigenvalue weighted by Crippen LogP contribution is -2.15. The highest BCUT2D eigenvalue weighted by Crippen LogP contribution is 2.08. The van der Waals surface area contributed by atoms with Crippen LogP contribution < -0.4 is 0 Å². The number of aliphatic hydroxyl groups excluding tert-OH is 2. The van der Waals surface area contributed by atoms with E-state index in [0.717, 1.165) is 7.11 Å². The van der Waals surface area contributed by atoms with Gasteiger partial charge < -0.3 is 15.0 Å². The van der Waals surface area contributed by atoms with E-state index in [4.69, 9.17) is 10.2 Å². The largest absolute Gasteiger partial charge is 0.400 e. The Kier molecular flexibility index (Phi) is 18.9. The fourth-order valence-corrected chi connectivity index (χ4v) is 1.52. The SMILES string of the molecule is CC.CC(=O)CC(C)C(C)O.CO.Cc1ccc(C)c(C)c1. The molecule has 1 aromatic rings. The summed E-state index contributed by atoms with van der Waals surface area (Å²) in [6.45, 7) is 15.5. The van der Waals surface area contributed by atoms with Gasteiger partial charge in [0, 0.05) is 13.5 Å². The van der Waals surface area contributed by atoms with E-state index in [2.05, 4.69) is 39.0 Å². The molecule has 0 saturated carbocycles. The highest BCUT2D eigenvalue weighted by Gasteiger charge is 2.09. The Labute approximate surface area is 137 Å².